The Labute approximate surface area is 596 Å². The van der Waals surface area contributed by atoms with Crippen molar-refractivity contribution in [2.45, 2.75) is 144 Å². The zero-order chi connectivity index (χ0) is 73.6. The smallest absolute Gasteiger partial charge is 0.217 e. The van der Waals surface area contributed by atoms with Gasteiger partial charge in [0.25, 0.3) is 0 Å². The van der Waals surface area contributed by atoms with Crippen LogP contribution in [0.5, 0.6) is 0 Å². The highest BCUT2D eigenvalue weighted by molar-refractivity contribution is 5.73. The number of amides is 2. The van der Waals surface area contributed by atoms with Crippen molar-refractivity contribution in [2.24, 2.45) is 5.73 Å². The van der Waals surface area contributed by atoms with Gasteiger partial charge in [-0.15, -0.1) is 15.3 Å². The van der Waals surface area contributed by atoms with Crippen molar-refractivity contribution >= 4 is 11.8 Å². The van der Waals surface area contributed by atoms with Gasteiger partial charge in [0.1, 0.15) is 77.2 Å². The highest BCUT2D eigenvalue weighted by atomic mass is 16.8. The van der Waals surface area contributed by atoms with Crippen LogP contribution in [0.4, 0.5) is 0 Å². The number of nitrogens with zero attached hydrogens (tertiary/aromatic N) is 9. The Hall–Kier alpha value is -4.76. The van der Waals surface area contributed by atoms with Crippen molar-refractivity contribution in [1.82, 2.24) is 55.6 Å². The van der Waals surface area contributed by atoms with Gasteiger partial charge in [0.2, 0.25) is 11.8 Å². The molecule has 7 heterocycles. The SMILES string of the molecule is CC(=O)NCC(O)C(O)C(C)(COCCOCCOCCOCCn1cc(COCC(N)(COCc2cn(CCOCCOCCOCCOCC34COC(CC(O)C3O)O4)nn2)COCc2cn(CCOCCOCCOCCOCC34COC(O3)C(NC(C)=O)C(O)C4O)nn2)nn1)OCO. The molecule has 11 N–H and O–H groups in total. The maximum atomic E-state index is 11.5. The zero-order valence-electron chi connectivity index (χ0n) is 59.0. The minimum Gasteiger partial charge on any atom is -0.390 e. The summed E-state index contributed by atoms with van der Waals surface area (Å²) >= 11 is 0. The third-order valence-electron chi connectivity index (χ3n) is 16.4. The molecule has 41 heteroatoms. The molecule has 103 heavy (non-hydrogen) atoms. The number of aromatic nitrogens is 9. The van der Waals surface area contributed by atoms with E-state index in [-0.39, 0.29) is 137 Å². The van der Waals surface area contributed by atoms with Gasteiger partial charge in [0, 0.05) is 26.8 Å². The number of fused-ring (bicyclic) bond motifs is 4. The highest BCUT2D eigenvalue weighted by Gasteiger charge is 2.60. The van der Waals surface area contributed by atoms with E-state index in [1.807, 2.05) is 0 Å². The molecule has 3 aromatic heterocycles. The van der Waals surface area contributed by atoms with Crippen LogP contribution in [0.25, 0.3) is 0 Å². The highest BCUT2D eigenvalue weighted by Crippen LogP contribution is 2.38. The molecular formula is C62H108N12O29. The molecule has 0 radical (unpaired) electrons. The summed E-state index contributed by atoms with van der Waals surface area (Å²) in [5, 5.41) is 102. The minimum absolute atomic E-state index is 0.000659. The zero-order valence-corrected chi connectivity index (χ0v) is 59.0. The van der Waals surface area contributed by atoms with Crippen LogP contribution in [0, 0.1) is 0 Å². The van der Waals surface area contributed by atoms with Crippen molar-refractivity contribution in [3.63, 3.8) is 0 Å². The summed E-state index contributed by atoms with van der Waals surface area (Å²) in [5.74, 6) is -0.755. The number of rotatable bonds is 61. The number of nitrogens with two attached hydrogens (primary N) is 1. The lowest BCUT2D eigenvalue weighted by molar-refractivity contribution is -0.238. The molecule has 13 atom stereocenters. The van der Waals surface area contributed by atoms with E-state index in [2.05, 4.69) is 41.6 Å². The fourth-order valence-corrected chi connectivity index (χ4v) is 10.8. The third kappa shape index (κ3) is 30.1. The summed E-state index contributed by atoms with van der Waals surface area (Å²) in [7, 11) is 0. The standard InChI is InChI=1S/C62H108N12O29/c1-45(76)64-29-51(79)55(81)59(3,101-44-75)36-93-25-22-90-19-16-87-13-10-84-7-4-72-30-47(66-69-72)33-96-37-60(63,38-97-34-48-31-73(70-67-48)5-8-85-11-14-88-17-20-91-23-26-94-40-61-42-99-52(102-61)28-50(78)56(61)82)39-98-35-49-32-74(71-68-49)6-9-86-12-15-89-18-21-92-24-27-95-41-62-43-100-58(103-62)53(65-46(2)77)54(80)57(62)83/h30-32,50-58,75,78-83H,4-29,33-44,63H2,1-3H3,(H,64,76)(H,65,77). The summed E-state index contributed by atoms with van der Waals surface area (Å²) in [4.78, 5) is 22.7. The van der Waals surface area contributed by atoms with Crippen LogP contribution in [0.1, 0.15) is 44.3 Å². The van der Waals surface area contributed by atoms with Crippen molar-refractivity contribution in [3.05, 3.63) is 35.7 Å². The molecule has 0 aliphatic carbocycles. The summed E-state index contributed by atoms with van der Waals surface area (Å²) in [6.07, 6.45) is -3.40. The fourth-order valence-electron chi connectivity index (χ4n) is 10.8. The summed E-state index contributed by atoms with van der Waals surface area (Å²) < 4.78 is 119. The maximum absolute atomic E-state index is 11.5. The van der Waals surface area contributed by atoms with Crippen LogP contribution < -0.4 is 16.4 Å². The topological polar surface area (TPSA) is 503 Å². The van der Waals surface area contributed by atoms with Gasteiger partial charge in [0.15, 0.2) is 12.6 Å². The van der Waals surface area contributed by atoms with Gasteiger partial charge in [-0.3, -0.25) is 9.59 Å². The molecule has 590 valence electrons. The first kappa shape index (κ1) is 85.5. The summed E-state index contributed by atoms with van der Waals surface area (Å²) in [5.41, 5.74) is 3.70. The fraction of sp³-hybridized carbons (Fsp3) is 0.871. The second-order valence-electron chi connectivity index (χ2n) is 25.2. The Bertz CT molecular complexity index is 2790. The Morgan fingerprint density at radius 2 is 0.951 bits per heavy atom. The number of aliphatic hydroxyl groups excluding tert-OH is 7. The molecule has 7 rings (SSSR count). The predicted octanol–water partition coefficient (Wildman–Crippen LogP) is -6.52. The molecular weight excluding hydrogens is 1380 g/mol. The van der Waals surface area contributed by atoms with Gasteiger partial charge in [-0.2, -0.15) is 0 Å². The molecule has 4 aliphatic heterocycles. The van der Waals surface area contributed by atoms with E-state index in [1.54, 1.807) is 32.6 Å². The molecule has 0 saturated carbocycles. The Balaban J connectivity index is 0.731. The Morgan fingerprint density at radius 3 is 1.37 bits per heavy atom. The lowest BCUT2D eigenvalue weighted by Crippen LogP contribution is -2.66. The third-order valence-corrected chi connectivity index (χ3v) is 16.4. The normalized spacial score (nSPS) is 24.2. The van der Waals surface area contributed by atoms with Crippen LogP contribution in [0.2, 0.25) is 0 Å². The van der Waals surface area contributed by atoms with Crippen LogP contribution in [-0.2, 0) is 144 Å². The molecule has 4 bridgehead atoms. The second kappa shape index (κ2) is 46.5. The second-order valence-corrected chi connectivity index (χ2v) is 25.2. The predicted molar refractivity (Wildman–Crippen MR) is 346 cm³/mol. The van der Waals surface area contributed by atoms with Gasteiger partial charge >= 0.3 is 0 Å². The van der Waals surface area contributed by atoms with Crippen LogP contribution in [-0.4, -0.2) is 375 Å². The van der Waals surface area contributed by atoms with Crippen molar-refractivity contribution < 1.29 is 140 Å². The minimum atomic E-state index is -1.46. The number of aliphatic hydroxyl groups is 7. The molecule has 4 saturated heterocycles. The first-order chi connectivity index (χ1) is 49.8. The van der Waals surface area contributed by atoms with Gasteiger partial charge < -0.3 is 147 Å². The van der Waals surface area contributed by atoms with E-state index < -0.39 is 84.4 Å². The molecule has 0 spiro atoms. The maximum Gasteiger partial charge on any atom is 0.217 e. The molecule has 13 unspecified atom stereocenters. The monoisotopic (exact) mass is 1480 g/mol. The molecule has 2 amide bonds. The van der Waals surface area contributed by atoms with Crippen LogP contribution in [0.3, 0.4) is 0 Å². The largest absolute Gasteiger partial charge is 0.390 e. The first-order valence-electron chi connectivity index (χ1n) is 34.4. The van der Waals surface area contributed by atoms with Crippen molar-refractivity contribution in [1.29, 1.82) is 0 Å². The van der Waals surface area contributed by atoms with Gasteiger partial charge in [0.05, 0.1) is 261 Å². The van der Waals surface area contributed by atoms with Gasteiger partial charge in [-0.25, -0.2) is 14.0 Å². The van der Waals surface area contributed by atoms with E-state index in [9.17, 15) is 45.3 Å². The number of hydrogen-bond acceptors (Lipinski definition) is 36. The number of nitrogens with one attached hydrogen (secondary N) is 2. The molecule has 4 aliphatic rings. The number of carbonyl (C=O) groups excluding carboxylic acids is 2. The van der Waals surface area contributed by atoms with Gasteiger partial charge in [-0.1, -0.05) is 15.6 Å². The van der Waals surface area contributed by atoms with Gasteiger partial charge in [-0.05, 0) is 6.92 Å². The molecule has 0 aromatic carbocycles. The Kier molecular flexibility index (Phi) is 38.6. The lowest BCUT2D eigenvalue weighted by atomic mass is 9.88. The first-order valence-corrected chi connectivity index (χ1v) is 34.4. The van der Waals surface area contributed by atoms with E-state index in [1.165, 1.54) is 20.8 Å². The lowest BCUT2D eigenvalue weighted by Gasteiger charge is -2.42. The van der Waals surface area contributed by atoms with Crippen LogP contribution in [0.15, 0.2) is 18.6 Å². The van der Waals surface area contributed by atoms with Crippen LogP contribution >= 0.6 is 0 Å². The van der Waals surface area contributed by atoms with E-state index in [0.29, 0.717) is 136 Å². The summed E-state index contributed by atoms with van der Waals surface area (Å²) in [6, 6.07) is -0.893. The summed E-state index contributed by atoms with van der Waals surface area (Å²) in [6.45, 7) is 11.2. The van der Waals surface area contributed by atoms with E-state index in [0.717, 1.165) is 0 Å². The van der Waals surface area contributed by atoms with E-state index in [4.69, 9.17) is 100 Å². The number of ether oxygens (including phenoxy) is 20. The Morgan fingerprint density at radius 1 is 0.553 bits per heavy atom. The van der Waals surface area contributed by atoms with E-state index >= 15 is 0 Å². The number of carbonyl (C=O) groups is 2. The average molecular weight is 1490 g/mol. The van der Waals surface area contributed by atoms with Crippen molar-refractivity contribution in [2.75, 3.05) is 205 Å². The van der Waals surface area contributed by atoms with Crippen molar-refractivity contribution in [3.8, 4) is 0 Å². The molecule has 41 nitrogen and oxygen atoms in total. The quantitative estimate of drug-likeness (QED) is 0.0186. The molecule has 3 aromatic rings. The number of hydrogen-bond donors (Lipinski definition) is 10. The molecule has 4 fully saturated rings. The average Bonchev–Trinajstić information content (AvgIpc) is 1.62.